The second-order valence-corrected chi connectivity index (χ2v) is 2.86. The normalized spacial score (nSPS) is 44.0. The third kappa shape index (κ3) is 1.94. The Morgan fingerprint density at radius 1 is 1.25 bits per heavy atom. The summed E-state index contributed by atoms with van der Waals surface area (Å²) in [5, 5.41) is 27.5. The molecule has 0 radical (unpaired) electrons. The highest BCUT2D eigenvalue weighted by molar-refractivity contribution is 4.81. The predicted molar refractivity (Wildman–Crippen MR) is 39.4 cm³/mol. The van der Waals surface area contributed by atoms with Crippen LogP contribution in [0.1, 0.15) is 6.92 Å². The largest absolute Gasteiger partial charge is 0.394 e. The van der Waals surface area contributed by atoms with Crippen LogP contribution in [0.5, 0.6) is 0 Å². The molecule has 0 aromatic rings. The SMILES string of the molecule is C[C@@H]1OCO[C@H](CO)[C@@H](O)[C@H]1O. The van der Waals surface area contributed by atoms with Crippen molar-refractivity contribution in [1.82, 2.24) is 0 Å². The zero-order valence-electron chi connectivity index (χ0n) is 6.88. The molecule has 0 spiro atoms. The first-order valence-corrected chi connectivity index (χ1v) is 3.87. The van der Waals surface area contributed by atoms with Crippen LogP contribution in [0.15, 0.2) is 0 Å². The molecule has 1 aliphatic rings. The third-order valence-electron chi connectivity index (χ3n) is 2.00. The van der Waals surface area contributed by atoms with E-state index in [1.54, 1.807) is 6.92 Å². The Labute approximate surface area is 70.5 Å². The lowest BCUT2D eigenvalue weighted by Gasteiger charge is -2.22. The number of rotatable bonds is 1. The summed E-state index contributed by atoms with van der Waals surface area (Å²) in [4.78, 5) is 0. The molecule has 72 valence electrons. The lowest BCUT2D eigenvalue weighted by molar-refractivity contribution is -0.114. The maximum atomic E-state index is 9.37. The zero-order chi connectivity index (χ0) is 9.14. The minimum Gasteiger partial charge on any atom is -0.394 e. The summed E-state index contributed by atoms with van der Waals surface area (Å²) in [5.41, 5.74) is 0. The van der Waals surface area contributed by atoms with Crippen LogP contribution in [0.4, 0.5) is 0 Å². The highest BCUT2D eigenvalue weighted by Gasteiger charge is 2.33. The fourth-order valence-electron chi connectivity index (χ4n) is 1.09. The van der Waals surface area contributed by atoms with Gasteiger partial charge in [-0.2, -0.15) is 0 Å². The van der Waals surface area contributed by atoms with E-state index >= 15 is 0 Å². The highest BCUT2D eigenvalue weighted by Crippen LogP contribution is 2.14. The smallest absolute Gasteiger partial charge is 0.147 e. The second kappa shape index (κ2) is 4.15. The maximum absolute atomic E-state index is 9.37. The molecule has 1 aliphatic heterocycles. The molecule has 0 unspecified atom stereocenters. The minimum absolute atomic E-state index is 0.0134. The van der Waals surface area contributed by atoms with Crippen LogP contribution in [-0.2, 0) is 9.47 Å². The molecular weight excluding hydrogens is 164 g/mol. The molecule has 5 heteroatoms. The summed E-state index contributed by atoms with van der Waals surface area (Å²) in [6, 6.07) is 0. The Balaban J connectivity index is 2.59. The number of hydrogen-bond acceptors (Lipinski definition) is 5. The van der Waals surface area contributed by atoms with Crippen LogP contribution in [-0.4, -0.2) is 53.1 Å². The number of hydrogen-bond donors (Lipinski definition) is 3. The van der Waals surface area contributed by atoms with E-state index in [2.05, 4.69) is 0 Å². The average Bonchev–Trinajstić information content (AvgIpc) is 2.19. The van der Waals surface area contributed by atoms with Crippen molar-refractivity contribution >= 4 is 0 Å². The van der Waals surface area contributed by atoms with Gasteiger partial charge in [-0.3, -0.25) is 0 Å². The molecule has 0 aromatic carbocycles. The first kappa shape index (κ1) is 9.88. The van der Waals surface area contributed by atoms with Gasteiger partial charge < -0.3 is 24.8 Å². The van der Waals surface area contributed by atoms with E-state index in [0.29, 0.717) is 0 Å². The van der Waals surface area contributed by atoms with Crippen molar-refractivity contribution in [2.24, 2.45) is 0 Å². The minimum atomic E-state index is -1.09. The molecule has 1 fully saturated rings. The first-order valence-electron chi connectivity index (χ1n) is 3.87. The molecule has 4 atom stereocenters. The van der Waals surface area contributed by atoms with Gasteiger partial charge in [0.15, 0.2) is 0 Å². The van der Waals surface area contributed by atoms with E-state index < -0.39 is 24.4 Å². The Morgan fingerprint density at radius 2 is 1.92 bits per heavy atom. The molecule has 0 bridgehead atoms. The quantitative estimate of drug-likeness (QED) is 0.453. The molecule has 1 heterocycles. The molecule has 1 rings (SSSR count). The standard InChI is InChI=1S/C7H14O5/c1-4-6(9)7(10)5(2-8)12-3-11-4/h4-10H,2-3H2,1H3/t4-,5+,6-,7+/m0/s1. The molecule has 3 N–H and O–H groups in total. The van der Waals surface area contributed by atoms with Gasteiger partial charge in [0, 0.05) is 0 Å². The molecule has 1 saturated heterocycles. The van der Waals surface area contributed by atoms with E-state index in [1.807, 2.05) is 0 Å². The number of ether oxygens (including phenoxy) is 2. The molecule has 0 amide bonds. The lowest BCUT2D eigenvalue weighted by Crippen LogP contribution is -2.43. The van der Waals surface area contributed by atoms with Gasteiger partial charge in [-0.25, -0.2) is 0 Å². The van der Waals surface area contributed by atoms with Crippen molar-refractivity contribution in [2.75, 3.05) is 13.4 Å². The van der Waals surface area contributed by atoms with Gasteiger partial charge in [0.1, 0.15) is 25.1 Å². The Bertz CT molecular complexity index is 138. The van der Waals surface area contributed by atoms with E-state index in [9.17, 15) is 10.2 Å². The van der Waals surface area contributed by atoms with Crippen LogP contribution in [0.25, 0.3) is 0 Å². The summed E-state index contributed by atoms with van der Waals surface area (Å²) in [5.74, 6) is 0. The first-order chi connectivity index (χ1) is 5.66. The molecule has 0 saturated carbocycles. The van der Waals surface area contributed by atoms with E-state index in [-0.39, 0.29) is 13.4 Å². The fraction of sp³-hybridized carbons (Fsp3) is 1.00. The third-order valence-corrected chi connectivity index (χ3v) is 2.00. The van der Waals surface area contributed by atoms with Gasteiger partial charge in [0.25, 0.3) is 0 Å². The summed E-state index contributed by atoms with van der Waals surface area (Å²) >= 11 is 0. The van der Waals surface area contributed by atoms with Crippen LogP contribution in [0.2, 0.25) is 0 Å². The van der Waals surface area contributed by atoms with Crippen molar-refractivity contribution in [3.8, 4) is 0 Å². The van der Waals surface area contributed by atoms with Crippen LogP contribution in [0.3, 0.4) is 0 Å². The summed E-state index contributed by atoms with van der Waals surface area (Å²) < 4.78 is 9.90. The molecule has 12 heavy (non-hydrogen) atoms. The highest BCUT2D eigenvalue weighted by atomic mass is 16.7. The Morgan fingerprint density at radius 3 is 2.50 bits per heavy atom. The van der Waals surface area contributed by atoms with Crippen molar-refractivity contribution in [3.05, 3.63) is 0 Å². The number of aliphatic hydroxyl groups excluding tert-OH is 3. The fourth-order valence-corrected chi connectivity index (χ4v) is 1.09. The van der Waals surface area contributed by atoms with Crippen LogP contribution in [0, 0.1) is 0 Å². The van der Waals surface area contributed by atoms with Gasteiger partial charge in [-0.15, -0.1) is 0 Å². The number of aliphatic hydroxyl groups is 3. The van der Waals surface area contributed by atoms with E-state index in [0.717, 1.165) is 0 Å². The van der Waals surface area contributed by atoms with E-state index in [1.165, 1.54) is 0 Å². The van der Waals surface area contributed by atoms with E-state index in [4.69, 9.17) is 14.6 Å². The topological polar surface area (TPSA) is 79.2 Å². The zero-order valence-corrected chi connectivity index (χ0v) is 6.88. The van der Waals surface area contributed by atoms with Crippen LogP contribution >= 0.6 is 0 Å². The van der Waals surface area contributed by atoms with Crippen molar-refractivity contribution < 1.29 is 24.8 Å². The van der Waals surface area contributed by atoms with Gasteiger partial charge in [0.05, 0.1) is 12.7 Å². The van der Waals surface area contributed by atoms with Gasteiger partial charge in [-0.05, 0) is 6.92 Å². The second-order valence-electron chi connectivity index (χ2n) is 2.86. The summed E-state index contributed by atoms with van der Waals surface area (Å²) in [7, 11) is 0. The van der Waals surface area contributed by atoms with Gasteiger partial charge in [-0.1, -0.05) is 0 Å². The molecule has 0 aliphatic carbocycles. The lowest BCUT2D eigenvalue weighted by atomic mass is 10.1. The monoisotopic (exact) mass is 178 g/mol. The Hall–Kier alpha value is -0.200. The maximum Gasteiger partial charge on any atom is 0.147 e. The van der Waals surface area contributed by atoms with Crippen molar-refractivity contribution in [2.45, 2.75) is 31.3 Å². The van der Waals surface area contributed by atoms with Gasteiger partial charge >= 0.3 is 0 Å². The van der Waals surface area contributed by atoms with Crippen molar-refractivity contribution in [3.63, 3.8) is 0 Å². The van der Waals surface area contributed by atoms with Crippen molar-refractivity contribution in [1.29, 1.82) is 0 Å². The summed E-state index contributed by atoms with van der Waals surface area (Å²) in [6.07, 6.45) is -3.33. The molecule has 0 aromatic heterocycles. The predicted octanol–water partition coefficient (Wildman–Crippen LogP) is -1.54. The summed E-state index contributed by atoms with van der Waals surface area (Å²) in [6.45, 7) is 1.30. The molecule has 5 nitrogen and oxygen atoms in total. The Kier molecular flexibility index (Phi) is 3.42. The molecular formula is C7H14O5. The average molecular weight is 178 g/mol. The van der Waals surface area contributed by atoms with Crippen LogP contribution < -0.4 is 0 Å². The van der Waals surface area contributed by atoms with Gasteiger partial charge in [0.2, 0.25) is 0 Å².